The molecule has 5 heteroatoms. The third-order valence-corrected chi connectivity index (χ3v) is 2.44. The molecule has 0 bridgehead atoms. The van der Waals surface area contributed by atoms with Gasteiger partial charge in [-0.25, -0.2) is 9.78 Å². The molecule has 2 amide bonds. The number of hydrogen-bond donors (Lipinski definition) is 2. The highest BCUT2D eigenvalue weighted by atomic mass is 16.3. The molecule has 0 saturated heterocycles. The maximum atomic E-state index is 11.9. The fourth-order valence-corrected chi connectivity index (χ4v) is 1.42. The van der Waals surface area contributed by atoms with Gasteiger partial charge in [-0.1, -0.05) is 6.07 Å². The molecule has 0 aliphatic rings. The lowest BCUT2D eigenvalue weighted by Gasteiger charge is -2.17. The Balaban J connectivity index is 2.07. The molecule has 0 unspecified atom stereocenters. The number of phenolic OH excluding ortho intramolecular Hbond substituents is 1. The van der Waals surface area contributed by atoms with E-state index in [1.807, 2.05) is 0 Å². The molecule has 2 rings (SSSR count). The number of benzene rings is 1. The van der Waals surface area contributed by atoms with E-state index in [0.29, 0.717) is 11.5 Å². The summed E-state index contributed by atoms with van der Waals surface area (Å²) in [5.41, 5.74) is 0.682. The number of rotatable bonds is 2. The van der Waals surface area contributed by atoms with Crippen molar-refractivity contribution in [3.8, 4) is 5.75 Å². The Morgan fingerprint density at radius 2 is 1.94 bits per heavy atom. The molecule has 92 valence electrons. The number of urea groups is 1. The molecule has 0 spiro atoms. The van der Waals surface area contributed by atoms with Crippen LogP contribution in [0.3, 0.4) is 0 Å². The number of aromatic hydroxyl groups is 1. The Kier molecular flexibility index (Phi) is 3.43. The van der Waals surface area contributed by atoms with Crippen LogP contribution in [0.2, 0.25) is 0 Å². The molecule has 0 atom stereocenters. The molecule has 2 N–H and O–H groups in total. The van der Waals surface area contributed by atoms with Gasteiger partial charge in [0.05, 0.1) is 0 Å². The van der Waals surface area contributed by atoms with Crippen LogP contribution in [0.25, 0.3) is 0 Å². The molecule has 1 aromatic heterocycles. The Hall–Kier alpha value is -2.56. The lowest BCUT2D eigenvalue weighted by atomic mass is 10.3. The van der Waals surface area contributed by atoms with Gasteiger partial charge < -0.3 is 5.11 Å². The molecular weight excluding hydrogens is 230 g/mol. The molecule has 0 fully saturated rings. The zero-order chi connectivity index (χ0) is 13.0. The Morgan fingerprint density at radius 1 is 1.22 bits per heavy atom. The largest absolute Gasteiger partial charge is 0.508 e. The van der Waals surface area contributed by atoms with Crippen LogP contribution in [-0.4, -0.2) is 23.2 Å². The second-order valence-corrected chi connectivity index (χ2v) is 3.72. The van der Waals surface area contributed by atoms with Crippen molar-refractivity contribution >= 4 is 17.5 Å². The van der Waals surface area contributed by atoms with Crippen molar-refractivity contribution < 1.29 is 9.90 Å². The van der Waals surface area contributed by atoms with Gasteiger partial charge >= 0.3 is 6.03 Å². The maximum absolute atomic E-state index is 11.9. The van der Waals surface area contributed by atoms with Gasteiger partial charge in [-0.2, -0.15) is 0 Å². The van der Waals surface area contributed by atoms with Gasteiger partial charge in [0.25, 0.3) is 0 Å². The van der Waals surface area contributed by atoms with Crippen LogP contribution in [-0.2, 0) is 0 Å². The van der Waals surface area contributed by atoms with Crippen LogP contribution in [0.5, 0.6) is 5.75 Å². The molecule has 18 heavy (non-hydrogen) atoms. The van der Waals surface area contributed by atoms with Crippen LogP contribution < -0.4 is 10.2 Å². The number of nitrogens with one attached hydrogen (secondary N) is 1. The normalized spacial score (nSPS) is 9.83. The zero-order valence-corrected chi connectivity index (χ0v) is 9.87. The van der Waals surface area contributed by atoms with Gasteiger partial charge in [0.15, 0.2) is 0 Å². The quantitative estimate of drug-likeness (QED) is 0.851. The predicted octanol–water partition coefficient (Wildman–Crippen LogP) is 2.46. The number of hydrogen-bond acceptors (Lipinski definition) is 3. The Morgan fingerprint density at radius 3 is 2.56 bits per heavy atom. The van der Waals surface area contributed by atoms with Crippen LogP contribution in [0.4, 0.5) is 16.3 Å². The van der Waals surface area contributed by atoms with E-state index in [9.17, 15) is 9.90 Å². The number of carbonyl (C=O) groups excluding carboxylic acids is 1. The first-order valence-corrected chi connectivity index (χ1v) is 5.41. The predicted molar refractivity (Wildman–Crippen MR) is 69.8 cm³/mol. The van der Waals surface area contributed by atoms with Crippen molar-refractivity contribution in [2.75, 3.05) is 17.3 Å². The highest BCUT2D eigenvalue weighted by molar-refractivity contribution is 6.00. The van der Waals surface area contributed by atoms with E-state index in [1.54, 1.807) is 43.6 Å². The third-order valence-electron chi connectivity index (χ3n) is 2.44. The van der Waals surface area contributed by atoms with Crippen molar-refractivity contribution in [2.24, 2.45) is 0 Å². The number of phenols is 1. The summed E-state index contributed by atoms with van der Waals surface area (Å²) in [6.45, 7) is 0. The molecule has 1 heterocycles. The molecule has 1 aromatic carbocycles. The van der Waals surface area contributed by atoms with E-state index in [-0.39, 0.29) is 11.8 Å². The monoisotopic (exact) mass is 243 g/mol. The van der Waals surface area contributed by atoms with Crippen molar-refractivity contribution in [3.05, 3.63) is 48.7 Å². The van der Waals surface area contributed by atoms with Crippen molar-refractivity contribution in [2.45, 2.75) is 0 Å². The van der Waals surface area contributed by atoms with Crippen molar-refractivity contribution in [1.29, 1.82) is 0 Å². The smallest absolute Gasteiger partial charge is 0.327 e. The highest BCUT2D eigenvalue weighted by Gasteiger charge is 2.10. The zero-order valence-electron chi connectivity index (χ0n) is 9.87. The number of pyridine rings is 1. The average Bonchev–Trinajstić information content (AvgIpc) is 2.40. The van der Waals surface area contributed by atoms with E-state index < -0.39 is 0 Å². The van der Waals surface area contributed by atoms with Gasteiger partial charge in [0.2, 0.25) is 0 Å². The maximum Gasteiger partial charge on any atom is 0.327 e. The second kappa shape index (κ2) is 5.18. The molecule has 0 aliphatic heterocycles. The highest BCUT2D eigenvalue weighted by Crippen LogP contribution is 2.17. The number of carbonyl (C=O) groups is 1. The summed E-state index contributed by atoms with van der Waals surface area (Å²) in [5, 5.41) is 11.9. The van der Waals surface area contributed by atoms with Gasteiger partial charge in [0, 0.05) is 18.9 Å². The second-order valence-electron chi connectivity index (χ2n) is 3.72. The first-order chi connectivity index (χ1) is 8.66. The van der Waals surface area contributed by atoms with Gasteiger partial charge in [-0.05, 0) is 36.4 Å². The minimum atomic E-state index is -0.292. The summed E-state index contributed by atoms with van der Waals surface area (Å²) in [7, 11) is 1.64. The number of aromatic nitrogens is 1. The number of amides is 2. The third kappa shape index (κ3) is 2.76. The number of anilines is 2. The first-order valence-electron chi connectivity index (χ1n) is 5.41. The number of nitrogens with zero attached hydrogens (tertiary/aromatic N) is 2. The Bertz CT molecular complexity index is 526. The summed E-state index contributed by atoms with van der Waals surface area (Å²) >= 11 is 0. The SMILES string of the molecule is CN(C(=O)Nc1ccccn1)c1ccc(O)cc1. The standard InChI is InChI=1S/C13H13N3O2/c1-16(10-5-7-11(17)8-6-10)13(18)15-12-4-2-3-9-14-12/h2-9,17H,1H3,(H,14,15,18). The fourth-order valence-electron chi connectivity index (χ4n) is 1.42. The van der Waals surface area contributed by atoms with E-state index in [1.165, 1.54) is 17.0 Å². The summed E-state index contributed by atoms with van der Waals surface area (Å²) in [5.74, 6) is 0.658. The molecule has 2 aromatic rings. The van der Waals surface area contributed by atoms with Crippen LogP contribution in [0.1, 0.15) is 0 Å². The van der Waals surface area contributed by atoms with Crippen LogP contribution >= 0.6 is 0 Å². The van der Waals surface area contributed by atoms with Crippen LogP contribution in [0.15, 0.2) is 48.7 Å². The minimum absolute atomic E-state index is 0.164. The lowest BCUT2D eigenvalue weighted by Crippen LogP contribution is -2.31. The summed E-state index contributed by atoms with van der Waals surface area (Å²) in [6, 6.07) is 11.4. The summed E-state index contributed by atoms with van der Waals surface area (Å²) in [4.78, 5) is 17.4. The van der Waals surface area contributed by atoms with E-state index >= 15 is 0 Å². The summed E-state index contributed by atoms with van der Waals surface area (Å²) in [6.07, 6.45) is 1.61. The van der Waals surface area contributed by atoms with Crippen LogP contribution in [0, 0.1) is 0 Å². The fraction of sp³-hybridized carbons (Fsp3) is 0.0769. The lowest BCUT2D eigenvalue weighted by molar-refractivity contribution is 0.258. The molecule has 5 nitrogen and oxygen atoms in total. The molecule has 0 aliphatic carbocycles. The molecule has 0 radical (unpaired) electrons. The van der Waals surface area contributed by atoms with Crippen molar-refractivity contribution in [3.63, 3.8) is 0 Å². The topological polar surface area (TPSA) is 65.5 Å². The van der Waals surface area contributed by atoms with Gasteiger partial charge in [-0.3, -0.25) is 10.2 Å². The van der Waals surface area contributed by atoms with E-state index in [0.717, 1.165) is 0 Å². The Labute approximate surface area is 105 Å². The molecule has 0 saturated carbocycles. The first kappa shape index (κ1) is 11.9. The van der Waals surface area contributed by atoms with E-state index in [4.69, 9.17) is 0 Å². The molecular formula is C13H13N3O2. The summed E-state index contributed by atoms with van der Waals surface area (Å²) < 4.78 is 0. The van der Waals surface area contributed by atoms with Gasteiger partial charge in [-0.15, -0.1) is 0 Å². The van der Waals surface area contributed by atoms with Gasteiger partial charge in [0.1, 0.15) is 11.6 Å². The average molecular weight is 243 g/mol. The van der Waals surface area contributed by atoms with Crippen molar-refractivity contribution in [1.82, 2.24) is 4.98 Å². The minimum Gasteiger partial charge on any atom is -0.508 e. The van der Waals surface area contributed by atoms with E-state index in [2.05, 4.69) is 10.3 Å².